The zero-order valence-electron chi connectivity index (χ0n) is 5.36. The van der Waals surface area contributed by atoms with Gasteiger partial charge in [0.05, 0.1) is 4.92 Å². The molecule has 0 saturated heterocycles. The second-order valence-electron chi connectivity index (χ2n) is 1.97. The predicted octanol–water partition coefficient (Wildman–Crippen LogP) is 1.66. The van der Waals surface area contributed by atoms with E-state index in [4.69, 9.17) is 0 Å². The molecule has 0 radical (unpaired) electrons. The van der Waals surface area contributed by atoms with Crippen LogP contribution < -0.4 is 0 Å². The van der Waals surface area contributed by atoms with Crippen LogP contribution in [-0.4, -0.2) is 4.92 Å². The normalized spacial score (nSPS) is 16.2. The highest BCUT2D eigenvalue weighted by atomic mass is 16.6. The molecule has 1 aliphatic carbocycles. The van der Waals surface area contributed by atoms with Crippen molar-refractivity contribution >= 4 is 0 Å². The van der Waals surface area contributed by atoms with Gasteiger partial charge in [-0.15, -0.1) is 0 Å². The molecule has 10 heavy (non-hydrogen) atoms. The van der Waals surface area contributed by atoms with Crippen LogP contribution in [-0.2, 0) is 0 Å². The summed E-state index contributed by atoms with van der Waals surface area (Å²) in [6.45, 7) is 0. The Kier molecular flexibility index (Phi) is 1.99. The molecule has 0 heterocycles. The average Bonchev–Trinajstić information content (AvgIpc) is 2.34. The molecule has 1 rings (SSSR count). The summed E-state index contributed by atoms with van der Waals surface area (Å²) >= 11 is 0. The molecule has 52 valence electrons. The van der Waals surface area contributed by atoms with Crippen LogP contribution in [0.4, 0.5) is 0 Å². The molecule has 0 spiro atoms. The third kappa shape index (κ3) is 1.85. The lowest BCUT2D eigenvalue weighted by Crippen LogP contribution is -1.82. The SMILES string of the molecule is O=[N+]([O-])/C=C/C1=CC=CC1. The summed E-state index contributed by atoms with van der Waals surface area (Å²) in [6.07, 6.45) is 8.99. The Morgan fingerprint density at radius 2 is 2.50 bits per heavy atom. The van der Waals surface area contributed by atoms with Crippen molar-refractivity contribution in [2.24, 2.45) is 0 Å². The first kappa shape index (κ1) is 6.74. The summed E-state index contributed by atoms with van der Waals surface area (Å²) in [6, 6.07) is 0. The fraction of sp³-hybridized carbons (Fsp3) is 0.143. The van der Waals surface area contributed by atoms with Crippen molar-refractivity contribution in [1.29, 1.82) is 0 Å². The van der Waals surface area contributed by atoms with Crippen LogP contribution in [0.25, 0.3) is 0 Å². The third-order valence-electron chi connectivity index (χ3n) is 1.21. The number of nitrogens with zero attached hydrogens (tertiary/aromatic N) is 1. The first-order valence-corrected chi connectivity index (χ1v) is 2.96. The molecule has 0 fully saturated rings. The first-order chi connectivity index (χ1) is 4.79. The molecule has 0 aromatic heterocycles. The van der Waals surface area contributed by atoms with E-state index in [2.05, 4.69) is 0 Å². The van der Waals surface area contributed by atoms with Crippen LogP contribution >= 0.6 is 0 Å². The van der Waals surface area contributed by atoms with E-state index < -0.39 is 4.92 Å². The molecular formula is C7H7NO2. The fourth-order valence-corrected chi connectivity index (χ4v) is 0.744. The fourth-order valence-electron chi connectivity index (χ4n) is 0.744. The maximum atomic E-state index is 9.83. The van der Waals surface area contributed by atoms with Gasteiger partial charge in [0.1, 0.15) is 0 Å². The van der Waals surface area contributed by atoms with E-state index in [9.17, 15) is 10.1 Å². The molecule has 0 atom stereocenters. The van der Waals surface area contributed by atoms with Crippen molar-refractivity contribution in [2.75, 3.05) is 0 Å². The topological polar surface area (TPSA) is 43.1 Å². The van der Waals surface area contributed by atoms with Gasteiger partial charge in [0.25, 0.3) is 0 Å². The lowest BCUT2D eigenvalue weighted by atomic mass is 10.2. The largest absolute Gasteiger partial charge is 0.259 e. The standard InChI is InChI=1S/C7H7NO2/c9-8(10)6-5-7-3-1-2-4-7/h1-3,5-6H,4H2/b6-5+. The van der Waals surface area contributed by atoms with Gasteiger partial charge in [0, 0.05) is 6.08 Å². The Hall–Kier alpha value is -1.38. The van der Waals surface area contributed by atoms with Gasteiger partial charge in [-0.05, 0) is 12.0 Å². The van der Waals surface area contributed by atoms with Crippen LogP contribution in [0.2, 0.25) is 0 Å². The Balaban J connectivity index is 2.47. The van der Waals surface area contributed by atoms with Crippen LogP contribution in [0.3, 0.4) is 0 Å². The average molecular weight is 137 g/mol. The number of allylic oxidation sites excluding steroid dienone is 5. The van der Waals surface area contributed by atoms with E-state index >= 15 is 0 Å². The Labute approximate surface area is 58.5 Å². The number of rotatable bonds is 2. The summed E-state index contributed by atoms with van der Waals surface area (Å²) in [7, 11) is 0. The van der Waals surface area contributed by atoms with Gasteiger partial charge in [-0.2, -0.15) is 0 Å². The highest BCUT2D eigenvalue weighted by Gasteiger charge is 1.94. The zero-order valence-corrected chi connectivity index (χ0v) is 5.36. The minimum Gasteiger partial charge on any atom is -0.259 e. The number of hydrogen-bond acceptors (Lipinski definition) is 2. The number of hydrogen-bond donors (Lipinski definition) is 0. The second-order valence-corrected chi connectivity index (χ2v) is 1.97. The second kappa shape index (κ2) is 2.96. The molecular weight excluding hydrogens is 130 g/mol. The highest BCUT2D eigenvalue weighted by molar-refractivity contribution is 5.30. The Morgan fingerprint density at radius 3 is 3.00 bits per heavy atom. The van der Waals surface area contributed by atoms with E-state index in [-0.39, 0.29) is 0 Å². The van der Waals surface area contributed by atoms with E-state index in [0.29, 0.717) is 0 Å². The molecule has 0 unspecified atom stereocenters. The van der Waals surface area contributed by atoms with Crippen LogP contribution in [0.15, 0.2) is 36.1 Å². The minimum atomic E-state index is -0.459. The molecule has 0 aromatic rings. The monoisotopic (exact) mass is 137 g/mol. The van der Waals surface area contributed by atoms with Crippen molar-refractivity contribution in [2.45, 2.75) is 6.42 Å². The smallest absolute Gasteiger partial charge is 0.234 e. The van der Waals surface area contributed by atoms with Gasteiger partial charge < -0.3 is 0 Å². The summed E-state index contributed by atoms with van der Waals surface area (Å²) in [5.74, 6) is 0. The minimum absolute atomic E-state index is 0.459. The molecule has 0 aromatic carbocycles. The van der Waals surface area contributed by atoms with Crippen LogP contribution in [0.5, 0.6) is 0 Å². The van der Waals surface area contributed by atoms with Gasteiger partial charge in [0.2, 0.25) is 6.20 Å². The van der Waals surface area contributed by atoms with Gasteiger partial charge in [-0.25, -0.2) is 0 Å². The van der Waals surface area contributed by atoms with E-state index in [0.717, 1.165) is 18.2 Å². The first-order valence-electron chi connectivity index (χ1n) is 2.96. The molecule has 0 bridgehead atoms. The third-order valence-corrected chi connectivity index (χ3v) is 1.21. The summed E-state index contributed by atoms with van der Waals surface area (Å²) in [4.78, 5) is 9.37. The van der Waals surface area contributed by atoms with E-state index in [1.807, 2.05) is 18.2 Å². The predicted molar refractivity (Wildman–Crippen MR) is 38.0 cm³/mol. The molecule has 0 N–H and O–H groups in total. The van der Waals surface area contributed by atoms with Crippen molar-refractivity contribution < 1.29 is 4.92 Å². The summed E-state index contributed by atoms with van der Waals surface area (Å²) < 4.78 is 0. The van der Waals surface area contributed by atoms with Crippen LogP contribution in [0, 0.1) is 10.1 Å². The Bertz CT molecular complexity index is 226. The molecule has 0 amide bonds. The van der Waals surface area contributed by atoms with E-state index in [1.165, 1.54) is 6.08 Å². The maximum absolute atomic E-state index is 9.83. The molecule has 3 nitrogen and oxygen atoms in total. The maximum Gasteiger partial charge on any atom is 0.234 e. The van der Waals surface area contributed by atoms with Crippen LogP contribution in [0.1, 0.15) is 6.42 Å². The molecule has 0 aliphatic heterocycles. The lowest BCUT2D eigenvalue weighted by molar-refractivity contribution is -0.402. The quantitative estimate of drug-likeness (QED) is 0.429. The summed E-state index contributed by atoms with van der Waals surface area (Å²) in [5.41, 5.74) is 0.983. The molecule has 0 saturated carbocycles. The molecule has 1 aliphatic rings. The zero-order chi connectivity index (χ0) is 7.40. The van der Waals surface area contributed by atoms with E-state index in [1.54, 1.807) is 0 Å². The summed E-state index contributed by atoms with van der Waals surface area (Å²) in [5, 5.41) is 9.83. The number of nitro groups is 1. The molecule has 3 heteroatoms. The van der Waals surface area contributed by atoms with Gasteiger partial charge in [-0.3, -0.25) is 10.1 Å². The highest BCUT2D eigenvalue weighted by Crippen LogP contribution is 2.10. The van der Waals surface area contributed by atoms with Crippen molar-refractivity contribution in [3.63, 3.8) is 0 Å². The van der Waals surface area contributed by atoms with Gasteiger partial charge in [0.15, 0.2) is 0 Å². The van der Waals surface area contributed by atoms with Crippen molar-refractivity contribution in [3.8, 4) is 0 Å². The Morgan fingerprint density at radius 1 is 1.70 bits per heavy atom. The lowest BCUT2D eigenvalue weighted by Gasteiger charge is -1.84. The van der Waals surface area contributed by atoms with Gasteiger partial charge in [-0.1, -0.05) is 18.2 Å². The van der Waals surface area contributed by atoms with Crippen molar-refractivity contribution in [3.05, 3.63) is 46.2 Å². The van der Waals surface area contributed by atoms with Crippen molar-refractivity contribution in [1.82, 2.24) is 0 Å². The van der Waals surface area contributed by atoms with Gasteiger partial charge >= 0.3 is 0 Å².